The summed E-state index contributed by atoms with van der Waals surface area (Å²) in [4.78, 5) is 11.3. The van der Waals surface area contributed by atoms with E-state index in [9.17, 15) is 4.79 Å². The second kappa shape index (κ2) is 6.81. The molecule has 1 rings (SSSR count). The minimum absolute atomic E-state index is 0.0927. The lowest BCUT2D eigenvalue weighted by Crippen LogP contribution is -2.29. The van der Waals surface area contributed by atoms with Crippen LogP contribution >= 0.6 is 11.6 Å². The summed E-state index contributed by atoms with van der Waals surface area (Å²) >= 11 is 5.52. The van der Waals surface area contributed by atoms with Crippen LogP contribution in [0.15, 0.2) is 35.9 Å². The van der Waals surface area contributed by atoms with Crippen LogP contribution in [0.3, 0.4) is 0 Å². The van der Waals surface area contributed by atoms with E-state index < -0.39 is 0 Å². The number of benzene rings is 1. The van der Waals surface area contributed by atoms with Gasteiger partial charge in [0.1, 0.15) is 0 Å². The standard InChI is InChI=1S/C12H14ClNO3/c1-9(13)7-14-12(15)8-17-11-6-4-3-5-10(11)16-2/h3-6H,1,7-8H2,2H3,(H,14,15). The van der Waals surface area contributed by atoms with Crippen molar-refractivity contribution in [1.29, 1.82) is 0 Å². The molecule has 0 radical (unpaired) electrons. The maximum absolute atomic E-state index is 11.3. The van der Waals surface area contributed by atoms with E-state index in [0.717, 1.165) is 0 Å². The number of methoxy groups -OCH3 is 1. The minimum Gasteiger partial charge on any atom is -0.493 e. The van der Waals surface area contributed by atoms with Gasteiger partial charge in [-0.25, -0.2) is 0 Å². The van der Waals surface area contributed by atoms with Gasteiger partial charge >= 0.3 is 0 Å². The maximum Gasteiger partial charge on any atom is 0.258 e. The summed E-state index contributed by atoms with van der Waals surface area (Å²) < 4.78 is 10.4. The van der Waals surface area contributed by atoms with Gasteiger partial charge < -0.3 is 14.8 Å². The Hall–Kier alpha value is -1.68. The van der Waals surface area contributed by atoms with Gasteiger partial charge in [0.25, 0.3) is 5.91 Å². The molecule has 0 spiro atoms. The molecular formula is C12H14ClNO3. The van der Waals surface area contributed by atoms with Crippen molar-refractivity contribution in [3.05, 3.63) is 35.9 Å². The van der Waals surface area contributed by atoms with Crippen molar-refractivity contribution in [2.45, 2.75) is 0 Å². The molecule has 1 amide bonds. The molecule has 0 heterocycles. The average molecular weight is 256 g/mol. The molecule has 0 aliphatic carbocycles. The largest absolute Gasteiger partial charge is 0.493 e. The van der Waals surface area contributed by atoms with E-state index in [4.69, 9.17) is 21.1 Å². The Balaban J connectivity index is 2.44. The number of rotatable bonds is 6. The Kier molecular flexibility index (Phi) is 5.36. The highest BCUT2D eigenvalue weighted by molar-refractivity contribution is 6.29. The first-order valence-electron chi connectivity index (χ1n) is 4.99. The Labute approximate surface area is 105 Å². The van der Waals surface area contributed by atoms with Crippen molar-refractivity contribution in [3.8, 4) is 11.5 Å². The smallest absolute Gasteiger partial charge is 0.258 e. The first-order chi connectivity index (χ1) is 8.13. The number of carbonyl (C=O) groups is 1. The van der Waals surface area contributed by atoms with Crippen LogP contribution in [0.4, 0.5) is 0 Å². The highest BCUT2D eigenvalue weighted by atomic mass is 35.5. The van der Waals surface area contributed by atoms with Crippen molar-refractivity contribution >= 4 is 17.5 Å². The van der Waals surface area contributed by atoms with Gasteiger partial charge in [-0.1, -0.05) is 30.3 Å². The van der Waals surface area contributed by atoms with Crippen LogP contribution in [0.2, 0.25) is 0 Å². The molecule has 0 unspecified atom stereocenters. The molecule has 0 atom stereocenters. The summed E-state index contributed by atoms with van der Waals surface area (Å²) in [5.41, 5.74) is 0. The molecule has 92 valence electrons. The molecule has 0 fully saturated rings. The van der Waals surface area contributed by atoms with Crippen molar-refractivity contribution in [1.82, 2.24) is 5.32 Å². The molecule has 1 aromatic carbocycles. The fraction of sp³-hybridized carbons (Fsp3) is 0.250. The number of para-hydroxylation sites is 2. The minimum atomic E-state index is -0.266. The fourth-order valence-corrected chi connectivity index (χ4v) is 1.19. The Morgan fingerprint density at radius 2 is 2.06 bits per heavy atom. The number of hydrogen-bond acceptors (Lipinski definition) is 3. The zero-order chi connectivity index (χ0) is 12.7. The first kappa shape index (κ1) is 13.4. The van der Waals surface area contributed by atoms with Gasteiger partial charge in [0, 0.05) is 5.03 Å². The number of ether oxygens (including phenoxy) is 2. The molecule has 1 N–H and O–H groups in total. The molecule has 1 aromatic rings. The summed E-state index contributed by atoms with van der Waals surface area (Å²) in [5.74, 6) is 0.842. The quantitative estimate of drug-likeness (QED) is 0.845. The molecule has 0 aliphatic heterocycles. The zero-order valence-electron chi connectivity index (χ0n) is 9.53. The van der Waals surface area contributed by atoms with Crippen molar-refractivity contribution in [2.24, 2.45) is 0 Å². The maximum atomic E-state index is 11.3. The van der Waals surface area contributed by atoms with E-state index in [1.54, 1.807) is 25.3 Å². The third-order valence-electron chi connectivity index (χ3n) is 1.91. The van der Waals surface area contributed by atoms with Crippen molar-refractivity contribution in [3.63, 3.8) is 0 Å². The SMILES string of the molecule is C=C(Cl)CNC(=O)COc1ccccc1OC. The van der Waals surface area contributed by atoms with Crippen LogP contribution < -0.4 is 14.8 Å². The van der Waals surface area contributed by atoms with Gasteiger partial charge in [0.05, 0.1) is 13.7 Å². The van der Waals surface area contributed by atoms with Gasteiger partial charge in [-0.05, 0) is 12.1 Å². The molecule has 5 heteroatoms. The van der Waals surface area contributed by atoms with Crippen LogP contribution in [-0.2, 0) is 4.79 Å². The third kappa shape index (κ3) is 4.78. The van der Waals surface area contributed by atoms with Crippen molar-refractivity contribution in [2.75, 3.05) is 20.3 Å². The van der Waals surface area contributed by atoms with Crippen LogP contribution in [0.25, 0.3) is 0 Å². The van der Waals surface area contributed by atoms with E-state index in [1.807, 2.05) is 6.07 Å². The van der Waals surface area contributed by atoms with E-state index in [2.05, 4.69) is 11.9 Å². The van der Waals surface area contributed by atoms with Gasteiger partial charge in [0.2, 0.25) is 0 Å². The predicted octanol–water partition coefficient (Wildman–Crippen LogP) is 1.94. The van der Waals surface area contributed by atoms with Crippen LogP contribution in [0, 0.1) is 0 Å². The highest BCUT2D eigenvalue weighted by Gasteiger charge is 2.06. The molecule has 17 heavy (non-hydrogen) atoms. The fourth-order valence-electron chi connectivity index (χ4n) is 1.13. The van der Waals surface area contributed by atoms with Gasteiger partial charge in [-0.15, -0.1) is 0 Å². The Bertz CT molecular complexity index is 406. The second-order valence-electron chi connectivity index (χ2n) is 3.23. The van der Waals surface area contributed by atoms with Gasteiger partial charge in [0.15, 0.2) is 18.1 Å². The van der Waals surface area contributed by atoms with Crippen LogP contribution in [-0.4, -0.2) is 26.2 Å². The molecule has 0 aromatic heterocycles. The van der Waals surface area contributed by atoms with Gasteiger partial charge in [-0.2, -0.15) is 0 Å². The number of hydrogen-bond donors (Lipinski definition) is 1. The summed E-state index contributed by atoms with van der Waals surface area (Å²) in [7, 11) is 1.54. The monoisotopic (exact) mass is 255 g/mol. The summed E-state index contributed by atoms with van der Waals surface area (Å²) in [6, 6.07) is 7.11. The molecular weight excluding hydrogens is 242 g/mol. The Morgan fingerprint density at radius 3 is 2.65 bits per heavy atom. The number of nitrogens with one attached hydrogen (secondary N) is 1. The average Bonchev–Trinajstić information content (AvgIpc) is 2.34. The Morgan fingerprint density at radius 1 is 1.41 bits per heavy atom. The lowest BCUT2D eigenvalue weighted by atomic mass is 10.3. The number of amides is 1. The summed E-state index contributed by atoms with van der Waals surface area (Å²) in [5, 5.41) is 2.92. The summed E-state index contributed by atoms with van der Waals surface area (Å²) in [6.07, 6.45) is 0. The summed E-state index contributed by atoms with van der Waals surface area (Å²) in [6.45, 7) is 3.60. The molecule has 4 nitrogen and oxygen atoms in total. The lowest BCUT2D eigenvalue weighted by molar-refractivity contribution is -0.122. The number of carbonyl (C=O) groups excluding carboxylic acids is 1. The topological polar surface area (TPSA) is 47.6 Å². The number of halogens is 1. The second-order valence-corrected chi connectivity index (χ2v) is 3.77. The molecule has 0 saturated carbocycles. The lowest BCUT2D eigenvalue weighted by Gasteiger charge is -2.10. The van der Waals surface area contributed by atoms with E-state index in [0.29, 0.717) is 16.5 Å². The van der Waals surface area contributed by atoms with E-state index in [1.165, 1.54) is 0 Å². The highest BCUT2D eigenvalue weighted by Crippen LogP contribution is 2.25. The third-order valence-corrected chi connectivity index (χ3v) is 2.04. The molecule has 0 saturated heterocycles. The predicted molar refractivity (Wildman–Crippen MR) is 66.5 cm³/mol. The van der Waals surface area contributed by atoms with Crippen LogP contribution in [0.5, 0.6) is 11.5 Å². The van der Waals surface area contributed by atoms with Crippen molar-refractivity contribution < 1.29 is 14.3 Å². The first-order valence-corrected chi connectivity index (χ1v) is 5.37. The molecule has 0 bridgehead atoms. The van der Waals surface area contributed by atoms with E-state index in [-0.39, 0.29) is 19.1 Å². The van der Waals surface area contributed by atoms with E-state index >= 15 is 0 Å². The zero-order valence-corrected chi connectivity index (χ0v) is 10.3. The van der Waals surface area contributed by atoms with Crippen LogP contribution in [0.1, 0.15) is 0 Å². The van der Waals surface area contributed by atoms with Gasteiger partial charge in [-0.3, -0.25) is 4.79 Å². The molecule has 0 aliphatic rings. The normalized spacial score (nSPS) is 9.53.